The predicted molar refractivity (Wildman–Crippen MR) is 81.1 cm³/mol. The number of aromatic nitrogens is 1. The molecule has 0 aliphatic carbocycles. The van der Waals surface area contributed by atoms with Crippen LogP contribution in [0.5, 0.6) is 0 Å². The van der Waals surface area contributed by atoms with Gasteiger partial charge < -0.3 is 15.4 Å². The van der Waals surface area contributed by atoms with Crippen molar-refractivity contribution in [3.8, 4) is 0 Å². The van der Waals surface area contributed by atoms with Crippen LogP contribution in [0.4, 0.5) is 5.69 Å². The summed E-state index contributed by atoms with van der Waals surface area (Å²) in [5.74, 6) is -0.181. The van der Waals surface area contributed by atoms with E-state index in [-0.39, 0.29) is 11.5 Å². The van der Waals surface area contributed by atoms with Crippen LogP contribution in [-0.2, 0) is 4.74 Å². The Labute approximate surface area is 121 Å². The van der Waals surface area contributed by atoms with Crippen molar-refractivity contribution < 1.29 is 9.53 Å². The number of nitrogens with zero attached hydrogens (tertiary/aromatic N) is 1. The third-order valence-corrected chi connectivity index (χ3v) is 2.78. The van der Waals surface area contributed by atoms with Crippen molar-refractivity contribution in [2.24, 2.45) is 0 Å². The van der Waals surface area contributed by atoms with Crippen LogP contribution in [0.2, 0.25) is 0 Å². The molecule has 0 aliphatic rings. The van der Waals surface area contributed by atoms with Crippen LogP contribution in [-0.4, -0.2) is 36.2 Å². The van der Waals surface area contributed by atoms with Gasteiger partial charge in [-0.05, 0) is 39.3 Å². The van der Waals surface area contributed by atoms with E-state index < -0.39 is 0 Å². The van der Waals surface area contributed by atoms with Gasteiger partial charge in [0.25, 0.3) is 5.91 Å². The highest BCUT2D eigenvalue weighted by atomic mass is 16.5. The summed E-state index contributed by atoms with van der Waals surface area (Å²) in [6.45, 7) is 9.91. The number of carbonyl (C=O) groups excluding carboxylic acids is 1. The Kier molecular flexibility index (Phi) is 6.45. The molecule has 20 heavy (non-hydrogen) atoms. The van der Waals surface area contributed by atoms with Crippen molar-refractivity contribution in [3.63, 3.8) is 0 Å². The van der Waals surface area contributed by atoms with Crippen molar-refractivity contribution in [1.29, 1.82) is 0 Å². The molecule has 0 unspecified atom stereocenters. The minimum Gasteiger partial charge on any atom is -0.384 e. The number of rotatable bonds is 8. The molecule has 0 saturated heterocycles. The van der Waals surface area contributed by atoms with Gasteiger partial charge in [0.1, 0.15) is 5.69 Å². The number of carbonyl (C=O) groups is 1. The van der Waals surface area contributed by atoms with E-state index in [4.69, 9.17) is 4.74 Å². The summed E-state index contributed by atoms with van der Waals surface area (Å²) in [5, 5.41) is 6.06. The fraction of sp³-hybridized carbons (Fsp3) is 0.600. The molecule has 5 heteroatoms. The fourth-order valence-corrected chi connectivity index (χ4v) is 1.73. The van der Waals surface area contributed by atoms with Gasteiger partial charge in [-0.3, -0.25) is 4.79 Å². The van der Waals surface area contributed by atoms with Gasteiger partial charge in [0.05, 0.1) is 17.5 Å². The lowest BCUT2D eigenvalue weighted by Gasteiger charge is -2.24. The van der Waals surface area contributed by atoms with Gasteiger partial charge >= 0.3 is 0 Å². The lowest BCUT2D eigenvalue weighted by atomic mass is 10.1. The number of anilines is 1. The molecule has 1 aromatic rings. The Morgan fingerprint density at radius 3 is 2.65 bits per heavy atom. The molecule has 0 saturated carbocycles. The largest absolute Gasteiger partial charge is 0.384 e. The molecule has 0 fully saturated rings. The highest BCUT2D eigenvalue weighted by molar-refractivity contribution is 5.92. The third-order valence-electron chi connectivity index (χ3n) is 2.78. The first-order chi connectivity index (χ1) is 9.48. The summed E-state index contributed by atoms with van der Waals surface area (Å²) in [4.78, 5) is 16.1. The average molecular weight is 279 g/mol. The number of hydrogen-bond acceptors (Lipinski definition) is 4. The van der Waals surface area contributed by atoms with E-state index in [1.54, 1.807) is 12.3 Å². The molecular formula is C15H25N3O2. The summed E-state index contributed by atoms with van der Waals surface area (Å²) >= 11 is 0. The van der Waals surface area contributed by atoms with Gasteiger partial charge in [-0.25, -0.2) is 4.98 Å². The van der Waals surface area contributed by atoms with E-state index in [2.05, 4.69) is 22.5 Å². The molecule has 0 spiro atoms. The summed E-state index contributed by atoms with van der Waals surface area (Å²) in [5.41, 5.74) is 0.977. The highest BCUT2D eigenvalue weighted by Crippen LogP contribution is 2.09. The van der Waals surface area contributed by atoms with E-state index in [0.717, 1.165) is 18.7 Å². The Morgan fingerprint density at radius 1 is 1.35 bits per heavy atom. The van der Waals surface area contributed by atoms with Crippen molar-refractivity contribution in [3.05, 3.63) is 24.0 Å². The average Bonchev–Trinajstić information content (AvgIpc) is 2.43. The molecular weight excluding hydrogens is 254 g/mol. The first-order valence-corrected chi connectivity index (χ1v) is 7.10. The van der Waals surface area contributed by atoms with Crippen LogP contribution >= 0.6 is 0 Å². The van der Waals surface area contributed by atoms with Crippen LogP contribution in [0.1, 0.15) is 44.6 Å². The van der Waals surface area contributed by atoms with Crippen molar-refractivity contribution >= 4 is 11.6 Å². The molecule has 0 aliphatic heterocycles. The summed E-state index contributed by atoms with van der Waals surface area (Å²) in [6.07, 6.45) is 2.73. The summed E-state index contributed by atoms with van der Waals surface area (Å²) < 4.78 is 5.53. The standard InChI is InChI=1S/C15H25N3O2/c1-5-9-16-12-7-8-13(17-10-12)14(19)18-11-15(3,4)20-6-2/h7-8,10,16H,5-6,9,11H2,1-4H3,(H,18,19). The van der Waals surface area contributed by atoms with Crippen molar-refractivity contribution in [1.82, 2.24) is 10.3 Å². The van der Waals surface area contributed by atoms with E-state index in [9.17, 15) is 4.79 Å². The maximum absolute atomic E-state index is 12.0. The number of pyridine rings is 1. The van der Waals surface area contributed by atoms with Gasteiger partial charge in [0, 0.05) is 19.7 Å². The van der Waals surface area contributed by atoms with Crippen LogP contribution in [0.3, 0.4) is 0 Å². The first-order valence-electron chi connectivity index (χ1n) is 7.10. The second kappa shape index (κ2) is 7.85. The number of ether oxygens (including phenoxy) is 1. The minimum atomic E-state index is -0.368. The van der Waals surface area contributed by atoms with Crippen molar-refractivity contribution in [2.75, 3.05) is 25.0 Å². The summed E-state index contributed by atoms with van der Waals surface area (Å²) in [6, 6.07) is 3.59. The zero-order valence-electron chi connectivity index (χ0n) is 12.8. The lowest BCUT2D eigenvalue weighted by Crippen LogP contribution is -2.40. The van der Waals surface area contributed by atoms with Gasteiger partial charge in [0.2, 0.25) is 0 Å². The topological polar surface area (TPSA) is 63.2 Å². The Bertz CT molecular complexity index is 416. The molecule has 1 aromatic heterocycles. The molecule has 112 valence electrons. The maximum Gasteiger partial charge on any atom is 0.269 e. The van der Waals surface area contributed by atoms with E-state index >= 15 is 0 Å². The zero-order valence-corrected chi connectivity index (χ0v) is 12.8. The number of hydrogen-bond donors (Lipinski definition) is 2. The van der Waals surface area contributed by atoms with Gasteiger partial charge in [-0.1, -0.05) is 6.92 Å². The van der Waals surface area contributed by atoms with E-state index in [1.807, 2.05) is 26.8 Å². The fourth-order valence-electron chi connectivity index (χ4n) is 1.73. The monoisotopic (exact) mass is 279 g/mol. The molecule has 0 aromatic carbocycles. The second-order valence-electron chi connectivity index (χ2n) is 5.23. The third kappa shape index (κ3) is 5.57. The van der Waals surface area contributed by atoms with Crippen LogP contribution in [0.15, 0.2) is 18.3 Å². The molecule has 2 N–H and O–H groups in total. The minimum absolute atomic E-state index is 0.181. The van der Waals surface area contributed by atoms with Gasteiger partial charge in [0.15, 0.2) is 0 Å². The molecule has 0 atom stereocenters. The van der Waals surface area contributed by atoms with Gasteiger partial charge in [-0.15, -0.1) is 0 Å². The first kappa shape index (κ1) is 16.4. The highest BCUT2D eigenvalue weighted by Gasteiger charge is 2.19. The lowest BCUT2D eigenvalue weighted by molar-refractivity contribution is -0.00818. The van der Waals surface area contributed by atoms with Crippen LogP contribution in [0.25, 0.3) is 0 Å². The predicted octanol–water partition coefficient (Wildman–Crippen LogP) is 2.45. The Balaban J connectivity index is 2.51. The quantitative estimate of drug-likeness (QED) is 0.767. The van der Waals surface area contributed by atoms with Gasteiger partial charge in [-0.2, -0.15) is 0 Å². The number of amides is 1. The van der Waals surface area contributed by atoms with Crippen molar-refractivity contribution in [2.45, 2.75) is 39.7 Å². The SMILES string of the molecule is CCCNc1ccc(C(=O)NCC(C)(C)OCC)nc1. The molecule has 1 rings (SSSR count). The molecule has 1 amide bonds. The Morgan fingerprint density at radius 2 is 2.10 bits per heavy atom. The van der Waals surface area contributed by atoms with Crippen LogP contribution in [0, 0.1) is 0 Å². The second-order valence-corrected chi connectivity index (χ2v) is 5.23. The normalized spacial score (nSPS) is 11.2. The zero-order chi connectivity index (χ0) is 15.0. The summed E-state index contributed by atoms with van der Waals surface area (Å²) in [7, 11) is 0. The molecule has 0 radical (unpaired) electrons. The molecule has 1 heterocycles. The molecule has 0 bridgehead atoms. The van der Waals surface area contributed by atoms with Crippen LogP contribution < -0.4 is 10.6 Å². The number of nitrogens with one attached hydrogen (secondary N) is 2. The van der Waals surface area contributed by atoms with E-state index in [0.29, 0.717) is 18.8 Å². The maximum atomic E-state index is 12.0. The Hall–Kier alpha value is -1.62. The smallest absolute Gasteiger partial charge is 0.269 e. The molecule has 5 nitrogen and oxygen atoms in total. The van der Waals surface area contributed by atoms with E-state index in [1.165, 1.54) is 0 Å².